The minimum Gasteiger partial charge on any atom is -0.305 e. The lowest BCUT2D eigenvalue weighted by molar-refractivity contribution is -0.384. The maximum atomic E-state index is 12.0. The summed E-state index contributed by atoms with van der Waals surface area (Å²) in [5.41, 5.74) is 0.760. The third kappa shape index (κ3) is 3.07. The molecular formula is C12H9ClN4O3. The molecule has 102 valence electrons. The Labute approximate surface area is 118 Å². The molecule has 0 radical (unpaired) electrons. The van der Waals surface area contributed by atoms with Gasteiger partial charge in [0.1, 0.15) is 5.15 Å². The lowest BCUT2D eigenvalue weighted by atomic mass is 10.1. The highest BCUT2D eigenvalue weighted by atomic mass is 35.5. The van der Waals surface area contributed by atoms with Crippen molar-refractivity contribution in [2.75, 3.05) is 5.32 Å². The van der Waals surface area contributed by atoms with Crippen LogP contribution in [0, 0.1) is 17.0 Å². The molecule has 7 nitrogen and oxygen atoms in total. The van der Waals surface area contributed by atoms with Crippen LogP contribution in [0.5, 0.6) is 0 Å². The molecule has 0 spiro atoms. The Morgan fingerprint density at radius 1 is 1.35 bits per heavy atom. The molecular weight excluding hydrogens is 284 g/mol. The van der Waals surface area contributed by atoms with E-state index in [9.17, 15) is 14.9 Å². The number of amides is 1. The molecule has 0 saturated heterocycles. The molecule has 0 aliphatic carbocycles. The molecule has 0 saturated carbocycles. The number of nitro benzene ring substituents is 1. The number of nitrogens with one attached hydrogen (secondary N) is 1. The van der Waals surface area contributed by atoms with Crippen LogP contribution >= 0.6 is 11.6 Å². The van der Waals surface area contributed by atoms with Gasteiger partial charge in [-0.3, -0.25) is 14.9 Å². The summed E-state index contributed by atoms with van der Waals surface area (Å²) in [6.07, 6.45) is 2.63. The third-order valence-electron chi connectivity index (χ3n) is 2.53. The second-order valence-electron chi connectivity index (χ2n) is 3.93. The van der Waals surface area contributed by atoms with Gasteiger partial charge in [-0.15, -0.1) is 0 Å². The Balaban J connectivity index is 2.21. The van der Waals surface area contributed by atoms with Crippen molar-refractivity contribution in [3.05, 3.63) is 57.0 Å². The van der Waals surface area contributed by atoms with Crippen LogP contribution in [0.3, 0.4) is 0 Å². The fourth-order valence-electron chi connectivity index (χ4n) is 1.58. The second-order valence-corrected chi connectivity index (χ2v) is 4.32. The number of anilines is 1. The molecule has 0 bridgehead atoms. The summed E-state index contributed by atoms with van der Waals surface area (Å²) in [4.78, 5) is 29.8. The molecule has 2 aromatic rings. The van der Waals surface area contributed by atoms with E-state index in [0.717, 1.165) is 0 Å². The fourth-order valence-corrected chi connectivity index (χ4v) is 1.67. The molecule has 1 aromatic carbocycles. The predicted octanol–water partition coefficient (Wildman–Crippen LogP) is 2.60. The largest absolute Gasteiger partial charge is 0.305 e. The third-order valence-corrected chi connectivity index (χ3v) is 2.72. The van der Waals surface area contributed by atoms with Gasteiger partial charge < -0.3 is 5.32 Å². The zero-order valence-electron chi connectivity index (χ0n) is 10.3. The molecule has 0 unspecified atom stereocenters. The summed E-state index contributed by atoms with van der Waals surface area (Å²) in [5, 5.41) is 13.4. The number of hydrogen-bond acceptors (Lipinski definition) is 5. The first-order chi connectivity index (χ1) is 9.47. The Hall–Kier alpha value is -2.54. The maximum Gasteiger partial charge on any atom is 0.269 e. The van der Waals surface area contributed by atoms with Crippen molar-refractivity contribution in [1.29, 1.82) is 0 Å². The highest BCUT2D eigenvalue weighted by Crippen LogP contribution is 2.18. The minimum absolute atomic E-state index is 0.0645. The van der Waals surface area contributed by atoms with Crippen LogP contribution in [0.25, 0.3) is 0 Å². The summed E-state index contributed by atoms with van der Waals surface area (Å²) in [5.74, 6) is -0.175. The smallest absolute Gasteiger partial charge is 0.269 e. The number of carbonyl (C=O) groups excluding carboxylic acids is 1. The number of aromatic nitrogens is 2. The highest BCUT2D eigenvalue weighted by Gasteiger charge is 2.14. The molecule has 20 heavy (non-hydrogen) atoms. The fraction of sp³-hybridized carbons (Fsp3) is 0.0833. The molecule has 1 amide bonds. The maximum absolute atomic E-state index is 12.0. The van der Waals surface area contributed by atoms with E-state index >= 15 is 0 Å². The zero-order chi connectivity index (χ0) is 14.7. The van der Waals surface area contributed by atoms with E-state index in [-0.39, 0.29) is 16.7 Å². The Bertz CT molecular complexity index is 673. The number of aryl methyl sites for hydroxylation is 1. The average molecular weight is 293 g/mol. The van der Waals surface area contributed by atoms with Gasteiger partial charge in [-0.05, 0) is 18.6 Å². The SMILES string of the molecule is Cc1cc([N+](=O)[O-])ccc1C(=O)Nc1cnc(Cl)cn1. The molecule has 0 atom stereocenters. The van der Waals surface area contributed by atoms with Gasteiger partial charge in [-0.2, -0.15) is 0 Å². The highest BCUT2D eigenvalue weighted by molar-refractivity contribution is 6.29. The van der Waals surface area contributed by atoms with Crippen LogP contribution in [0.1, 0.15) is 15.9 Å². The van der Waals surface area contributed by atoms with E-state index < -0.39 is 10.8 Å². The standard InChI is InChI=1S/C12H9ClN4O3/c1-7-4-8(17(19)20)2-3-9(7)12(18)16-11-6-14-10(13)5-15-11/h2-6H,1H3,(H,15,16,18). The van der Waals surface area contributed by atoms with Crippen molar-refractivity contribution in [2.24, 2.45) is 0 Å². The molecule has 1 heterocycles. The van der Waals surface area contributed by atoms with Gasteiger partial charge in [0.2, 0.25) is 0 Å². The number of non-ortho nitro benzene ring substituents is 1. The van der Waals surface area contributed by atoms with Crippen LogP contribution in [-0.4, -0.2) is 20.8 Å². The summed E-state index contributed by atoms with van der Waals surface area (Å²) in [6, 6.07) is 4.00. The molecule has 1 N–H and O–H groups in total. The molecule has 0 aliphatic heterocycles. The number of rotatable bonds is 3. The van der Waals surface area contributed by atoms with Gasteiger partial charge in [0, 0.05) is 17.7 Å². The predicted molar refractivity (Wildman–Crippen MR) is 72.8 cm³/mol. The Morgan fingerprint density at radius 3 is 2.65 bits per heavy atom. The van der Waals surface area contributed by atoms with E-state index in [4.69, 9.17) is 11.6 Å². The molecule has 0 fully saturated rings. The minimum atomic E-state index is -0.515. The van der Waals surface area contributed by atoms with Gasteiger partial charge >= 0.3 is 0 Å². The van der Waals surface area contributed by atoms with Crippen LogP contribution in [0.2, 0.25) is 5.15 Å². The van der Waals surface area contributed by atoms with E-state index in [0.29, 0.717) is 11.1 Å². The summed E-state index contributed by atoms with van der Waals surface area (Å²) in [7, 11) is 0. The zero-order valence-corrected chi connectivity index (χ0v) is 11.1. The first-order valence-corrected chi connectivity index (χ1v) is 5.89. The van der Waals surface area contributed by atoms with Crippen molar-refractivity contribution in [2.45, 2.75) is 6.92 Å². The van der Waals surface area contributed by atoms with E-state index in [1.165, 1.54) is 30.6 Å². The van der Waals surface area contributed by atoms with Crippen molar-refractivity contribution in [3.63, 3.8) is 0 Å². The molecule has 0 aliphatic rings. The lowest BCUT2D eigenvalue weighted by Gasteiger charge is -2.06. The van der Waals surface area contributed by atoms with E-state index in [1.54, 1.807) is 6.92 Å². The average Bonchev–Trinajstić information content (AvgIpc) is 2.41. The van der Waals surface area contributed by atoms with Gasteiger partial charge in [-0.25, -0.2) is 9.97 Å². The number of halogens is 1. The van der Waals surface area contributed by atoms with E-state index in [2.05, 4.69) is 15.3 Å². The number of nitrogens with zero attached hydrogens (tertiary/aromatic N) is 3. The van der Waals surface area contributed by atoms with Crippen LogP contribution in [0.4, 0.5) is 11.5 Å². The first kappa shape index (κ1) is 13.9. The summed E-state index contributed by atoms with van der Waals surface area (Å²) < 4.78 is 0. The Morgan fingerprint density at radius 2 is 2.10 bits per heavy atom. The van der Waals surface area contributed by atoms with Crippen LogP contribution in [0.15, 0.2) is 30.6 Å². The van der Waals surface area contributed by atoms with Crippen molar-refractivity contribution in [1.82, 2.24) is 9.97 Å². The van der Waals surface area contributed by atoms with Crippen molar-refractivity contribution < 1.29 is 9.72 Å². The van der Waals surface area contributed by atoms with Crippen LogP contribution < -0.4 is 5.32 Å². The second kappa shape index (κ2) is 5.62. The number of nitro groups is 1. The number of benzene rings is 1. The normalized spacial score (nSPS) is 10.1. The van der Waals surface area contributed by atoms with Crippen molar-refractivity contribution >= 4 is 29.0 Å². The van der Waals surface area contributed by atoms with Gasteiger partial charge in [-0.1, -0.05) is 11.6 Å². The number of hydrogen-bond donors (Lipinski definition) is 1. The van der Waals surface area contributed by atoms with Gasteiger partial charge in [0.05, 0.1) is 17.3 Å². The topological polar surface area (TPSA) is 98.0 Å². The van der Waals surface area contributed by atoms with E-state index in [1.807, 2.05) is 0 Å². The lowest BCUT2D eigenvalue weighted by Crippen LogP contribution is -2.14. The quantitative estimate of drug-likeness (QED) is 0.692. The van der Waals surface area contributed by atoms with Crippen molar-refractivity contribution in [3.8, 4) is 0 Å². The van der Waals surface area contributed by atoms with Gasteiger partial charge in [0.15, 0.2) is 5.82 Å². The van der Waals surface area contributed by atoms with Crippen LogP contribution in [-0.2, 0) is 0 Å². The first-order valence-electron chi connectivity index (χ1n) is 5.51. The Kier molecular flexibility index (Phi) is 3.90. The molecule has 1 aromatic heterocycles. The monoisotopic (exact) mass is 292 g/mol. The molecule has 2 rings (SSSR count). The molecule has 8 heteroatoms. The van der Waals surface area contributed by atoms with Gasteiger partial charge in [0.25, 0.3) is 11.6 Å². The summed E-state index contributed by atoms with van der Waals surface area (Å²) in [6.45, 7) is 1.62. The summed E-state index contributed by atoms with van der Waals surface area (Å²) >= 11 is 5.59. The number of carbonyl (C=O) groups is 1.